The minimum atomic E-state index is -2.43. The van der Waals surface area contributed by atoms with Gasteiger partial charge in [0, 0.05) is 11.4 Å². The Morgan fingerprint density at radius 1 is 1.24 bits per heavy atom. The Kier molecular flexibility index (Phi) is 4.68. The molecule has 0 fully saturated rings. The minimum absolute atomic E-state index is 0.534. The lowest BCUT2D eigenvalue weighted by Crippen LogP contribution is -2.23. The van der Waals surface area contributed by atoms with Crippen molar-refractivity contribution in [2.24, 2.45) is 0 Å². The van der Waals surface area contributed by atoms with E-state index >= 15 is 0 Å². The Balaban J connectivity index is 2.59. The normalized spacial score (nSPS) is 12.1. The van der Waals surface area contributed by atoms with Crippen LogP contribution in [0.3, 0.4) is 0 Å². The van der Waals surface area contributed by atoms with Gasteiger partial charge in [0.05, 0.1) is 13.2 Å². The van der Waals surface area contributed by atoms with Gasteiger partial charge in [-0.1, -0.05) is 0 Å². The van der Waals surface area contributed by atoms with Gasteiger partial charge in [-0.25, -0.2) is 13.6 Å². The van der Waals surface area contributed by atoms with Crippen molar-refractivity contribution < 1.29 is 18.3 Å². The molecule has 2 N–H and O–H groups in total. The number of benzene rings is 1. The molecule has 0 spiro atoms. The average molecular weight is 244 g/mol. The molecular formula is C11H14F2N2O2. The number of carbonyl (C=O) groups excluding carboxylic acids is 1. The first-order chi connectivity index (χ1) is 8.02. The highest BCUT2D eigenvalue weighted by Crippen LogP contribution is 2.16. The third-order valence-electron chi connectivity index (χ3n) is 2.09. The third kappa shape index (κ3) is 4.26. The molecule has 6 heteroatoms. The molecule has 1 amide bonds. The van der Waals surface area contributed by atoms with Crippen LogP contribution in [0.5, 0.6) is 0 Å². The van der Waals surface area contributed by atoms with Gasteiger partial charge in [0.1, 0.15) is 0 Å². The Hall–Kier alpha value is -1.85. The lowest BCUT2D eigenvalue weighted by atomic mass is 10.2. The second-order valence-electron chi connectivity index (χ2n) is 3.46. The summed E-state index contributed by atoms with van der Waals surface area (Å²) in [4.78, 5) is 10.9. The zero-order chi connectivity index (χ0) is 12.8. The first kappa shape index (κ1) is 13.2. The number of carbonyl (C=O) groups is 1. The smallest absolute Gasteiger partial charge is 0.411 e. The summed E-state index contributed by atoms with van der Waals surface area (Å²) >= 11 is 0. The molecule has 1 unspecified atom stereocenters. The Bertz CT molecular complexity index is 368. The summed E-state index contributed by atoms with van der Waals surface area (Å²) < 4.78 is 29.0. The van der Waals surface area contributed by atoms with E-state index in [4.69, 9.17) is 0 Å². The molecular weight excluding hydrogens is 230 g/mol. The molecule has 0 aromatic heterocycles. The second kappa shape index (κ2) is 6.03. The standard InChI is InChI=1S/C11H14F2N2O2/c1-7(10(12)13)14-8-3-5-9(6-4-8)15-11(16)17-2/h3-7,10,14H,1-2H3,(H,15,16). The van der Waals surface area contributed by atoms with Crippen LogP contribution in [-0.2, 0) is 4.74 Å². The molecule has 1 aromatic carbocycles. The van der Waals surface area contributed by atoms with E-state index in [1.807, 2.05) is 0 Å². The van der Waals surface area contributed by atoms with Crippen LogP contribution in [0.2, 0.25) is 0 Å². The lowest BCUT2D eigenvalue weighted by Gasteiger charge is -2.14. The zero-order valence-corrected chi connectivity index (χ0v) is 9.54. The molecule has 0 saturated carbocycles. The summed E-state index contributed by atoms with van der Waals surface area (Å²) in [6.45, 7) is 1.39. The van der Waals surface area contributed by atoms with Crippen molar-refractivity contribution in [3.8, 4) is 0 Å². The van der Waals surface area contributed by atoms with Crippen LogP contribution < -0.4 is 10.6 Å². The number of halogens is 2. The van der Waals surface area contributed by atoms with E-state index in [9.17, 15) is 13.6 Å². The van der Waals surface area contributed by atoms with Crippen LogP contribution in [0.1, 0.15) is 6.92 Å². The summed E-state index contributed by atoms with van der Waals surface area (Å²) in [7, 11) is 1.26. The van der Waals surface area contributed by atoms with Gasteiger partial charge in [0.15, 0.2) is 0 Å². The first-order valence-corrected chi connectivity index (χ1v) is 5.02. The largest absolute Gasteiger partial charge is 0.453 e. The predicted molar refractivity (Wildman–Crippen MR) is 61.6 cm³/mol. The van der Waals surface area contributed by atoms with E-state index in [0.29, 0.717) is 11.4 Å². The molecule has 0 radical (unpaired) electrons. The number of alkyl halides is 2. The molecule has 0 heterocycles. The predicted octanol–water partition coefficient (Wildman–Crippen LogP) is 2.93. The van der Waals surface area contributed by atoms with Crippen LogP contribution in [0, 0.1) is 0 Å². The van der Waals surface area contributed by atoms with Crippen molar-refractivity contribution in [3.05, 3.63) is 24.3 Å². The molecule has 1 rings (SSSR count). The van der Waals surface area contributed by atoms with Gasteiger partial charge in [-0.05, 0) is 31.2 Å². The van der Waals surface area contributed by atoms with Crippen LogP contribution in [0.4, 0.5) is 25.0 Å². The molecule has 1 atom stereocenters. The Labute approximate surface area is 98.0 Å². The summed E-state index contributed by atoms with van der Waals surface area (Å²) in [6.07, 6.45) is -3.01. The van der Waals surface area contributed by atoms with E-state index in [0.717, 1.165) is 0 Å². The van der Waals surface area contributed by atoms with Crippen molar-refractivity contribution in [2.75, 3.05) is 17.7 Å². The molecule has 4 nitrogen and oxygen atoms in total. The fourth-order valence-electron chi connectivity index (χ4n) is 1.14. The van der Waals surface area contributed by atoms with Gasteiger partial charge in [0.25, 0.3) is 6.43 Å². The molecule has 94 valence electrons. The fourth-order valence-corrected chi connectivity index (χ4v) is 1.14. The van der Waals surface area contributed by atoms with Gasteiger partial charge < -0.3 is 10.1 Å². The fraction of sp³-hybridized carbons (Fsp3) is 0.364. The Morgan fingerprint density at radius 2 is 1.76 bits per heavy atom. The third-order valence-corrected chi connectivity index (χ3v) is 2.09. The summed E-state index contributed by atoms with van der Waals surface area (Å²) in [5, 5.41) is 5.10. The van der Waals surface area contributed by atoms with Crippen molar-refractivity contribution in [1.82, 2.24) is 0 Å². The van der Waals surface area contributed by atoms with Gasteiger partial charge in [-0.2, -0.15) is 0 Å². The molecule has 1 aromatic rings. The van der Waals surface area contributed by atoms with Crippen molar-refractivity contribution in [2.45, 2.75) is 19.4 Å². The molecule has 0 bridgehead atoms. The zero-order valence-electron chi connectivity index (χ0n) is 9.54. The Morgan fingerprint density at radius 3 is 2.24 bits per heavy atom. The molecule has 0 saturated heterocycles. The summed E-state index contributed by atoms with van der Waals surface area (Å²) in [6, 6.07) is 5.47. The van der Waals surface area contributed by atoms with Gasteiger partial charge >= 0.3 is 6.09 Å². The summed E-state index contributed by atoms with van der Waals surface area (Å²) in [5.74, 6) is 0. The number of amides is 1. The highest BCUT2D eigenvalue weighted by Gasteiger charge is 2.13. The van der Waals surface area contributed by atoms with E-state index in [-0.39, 0.29) is 0 Å². The highest BCUT2D eigenvalue weighted by molar-refractivity contribution is 5.84. The number of rotatable bonds is 4. The van der Waals surface area contributed by atoms with Crippen LogP contribution in [0.15, 0.2) is 24.3 Å². The number of ether oxygens (including phenoxy) is 1. The highest BCUT2D eigenvalue weighted by atomic mass is 19.3. The van der Waals surface area contributed by atoms with Gasteiger partial charge in [0.2, 0.25) is 0 Å². The monoisotopic (exact) mass is 244 g/mol. The van der Waals surface area contributed by atoms with Crippen LogP contribution in [0.25, 0.3) is 0 Å². The van der Waals surface area contributed by atoms with Crippen LogP contribution in [-0.4, -0.2) is 25.7 Å². The molecule has 0 aliphatic heterocycles. The molecule has 17 heavy (non-hydrogen) atoms. The van der Waals surface area contributed by atoms with Gasteiger partial charge in [-0.15, -0.1) is 0 Å². The second-order valence-corrected chi connectivity index (χ2v) is 3.46. The number of hydrogen-bond acceptors (Lipinski definition) is 3. The quantitative estimate of drug-likeness (QED) is 0.856. The minimum Gasteiger partial charge on any atom is -0.453 e. The maximum absolute atomic E-state index is 12.3. The lowest BCUT2D eigenvalue weighted by molar-refractivity contribution is 0.131. The first-order valence-electron chi connectivity index (χ1n) is 5.02. The van der Waals surface area contributed by atoms with E-state index < -0.39 is 18.6 Å². The maximum Gasteiger partial charge on any atom is 0.411 e. The number of methoxy groups -OCH3 is 1. The van der Waals surface area contributed by atoms with E-state index in [2.05, 4.69) is 15.4 Å². The van der Waals surface area contributed by atoms with Crippen molar-refractivity contribution >= 4 is 17.5 Å². The topological polar surface area (TPSA) is 50.4 Å². The van der Waals surface area contributed by atoms with E-state index in [1.165, 1.54) is 14.0 Å². The van der Waals surface area contributed by atoms with Gasteiger partial charge in [-0.3, -0.25) is 5.32 Å². The number of hydrogen-bond donors (Lipinski definition) is 2. The number of nitrogens with one attached hydrogen (secondary N) is 2. The van der Waals surface area contributed by atoms with Crippen molar-refractivity contribution in [3.63, 3.8) is 0 Å². The van der Waals surface area contributed by atoms with Crippen molar-refractivity contribution in [1.29, 1.82) is 0 Å². The van der Waals surface area contributed by atoms with Crippen LogP contribution >= 0.6 is 0 Å². The SMILES string of the molecule is COC(=O)Nc1ccc(NC(C)C(F)F)cc1. The number of anilines is 2. The molecule has 0 aliphatic rings. The van der Waals surface area contributed by atoms with E-state index in [1.54, 1.807) is 24.3 Å². The summed E-state index contributed by atoms with van der Waals surface area (Å²) in [5.41, 5.74) is 1.10. The maximum atomic E-state index is 12.3. The molecule has 0 aliphatic carbocycles. The average Bonchev–Trinajstić information content (AvgIpc) is 2.31.